The van der Waals surface area contributed by atoms with Gasteiger partial charge in [0.15, 0.2) is 0 Å². The molecule has 7 heteroatoms. The number of benzene rings is 1. The van der Waals surface area contributed by atoms with Crippen LogP contribution in [0.2, 0.25) is 0 Å². The molecule has 1 aromatic heterocycles. The molecule has 20 heavy (non-hydrogen) atoms. The molecule has 0 aliphatic heterocycles. The normalized spacial score (nSPS) is 10.7. The van der Waals surface area contributed by atoms with Crippen LogP contribution >= 0.6 is 0 Å². The first kappa shape index (κ1) is 13.7. The second-order valence-corrected chi connectivity index (χ2v) is 3.77. The molecule has 2 aromatic rings. The van der Waals surface area contributed by atoms with Crippen molar-refractivity contribution in [2.75, 3.05) is 12.8 Å². The molecule has 0 amide bonds. The fourth-order valence-electron chi connectivity index (χ4n) is 1.50. The second-order valence-electron chi connectivity index (χ2n) is 3.77. The molecule has 0 radical (unpaired) electrons. The van der Waals surface area contributed by atoms with E-state index in [-0.39, 0.29) is 24.1 Å². The average molecular weight is 276 g/mol. The van der Waals surface area contributed by atoms with E-state index in [4.69, 9.17) is 10.5 Å². The van der Waals surface area contributed by atoms with Crippen molar-refractivity contribution in [3.05, 3.63) is 47.5 Å². The number of oxime groups is 1. The van der Waals surface area contributed by atoms with Gasteiger partial charge in [-0.2, -0.15) is 0 Å². The predicted octanol–water partition coefficient (Wildman–Crippen LogP) is 1.76. The number of hydrogen-bond acceptors (Lipinski definition) is 6. The summed E-state index contributed by atoms with van der Waals surface area (Å²) in [6.45, 7) is 0.0248. The quantitative estimate of drug-likeness (QED) is 0.664. The number of rotatable bonds is 5. The maximum Gasteiger partial charge on any atom is 0.228 e. The van der Waals surface area contributed by atoms with Gasteiger partial charge in [-0.15, -0.1) is 0 Å². The molecule has 0 atom stereocenters. The highest BCUT2D eigenvalue weighted by molar-refractivity contribution is 5.87. The van der Waals surface area contributed by atoms with E-state index in [1.54, 1.807) is 18.2 Å². The van der Waals surface area contributed by atoms with E-state index >= 15 is 0 Å². The largest absolute Gasteiger partial charge is 0.472 e. The Balaban J connectivity index is 2.19. The van der Waals surface area contributed by atoms with Crippen LogP contribution < -0.4 is 10.5 Å². The van der Waals surface area contributed by atoms with Crippen LogP contribution in [0.15, 0.2) is 35.7 Å². The number of hydrogen-bond donors (Lipinski definition) is 1. The van der Waals surface area contributed by atoms with Gasteiger partial charge in [0.05, 0.1) is 6.21 Å². The van der Waals surface area contributed by atoms with Crippen LogP contribution in [-0.2, 0) is 11.4 Å². The smallest absolute Gasteiger partial charge is 0.228 e. The number of aromatic nitrogens is 2. The lowest BCUT2D eigenvalue weighted by Gasteiger charge is -2.09. The van der Waals surface area contributed by atoms with Gasteiger partial charge >= 0.3 is 0 Å². The summed E-state index contributed by atoms with van der Waals surface area (Å²) in [5.41, 5.74) is 6.51. The Morgan fingerprint density at radius 3 is 2.90 bits per heavy atom. The molecule has 1 heterocycles. The van der Waals surface area contributed by atoms with E-state index < -0.39 is 0 Å². The lowest BCUT2D eigenvalue weighted by Crippen LogP contribution is -2.06. The number of ether oxygens (including phenoxy) is 1. The molecule has 0 bridgehead atoms. The van der Waals surface area contributed by atoms with Crippen LogP contribution in [0.3, 0.4) is 0 Å². The van der Waals surface area contributed by atoms with Crippen LogP contribution in [-0.4, -0.2) is 23.3 Å². The minimum Gasteiger partial charge on any atom is -0.472 e. The van der Waals surface area contributed by atoms with E-state index in [1.165, 1.54) is 25.7 Å². The zero-order chi connectivity index (χ0) is 14.4. The summed E-state index contributed by atoms with van der Waals surface area (Å²) in [6, 6.07) is 6.32. The molecule has 0 aliphatic rings. The van der Waals surface area contributed by atoms with Gasteiger partial charge in [-0.3, -0.25) is 0 Å². The van der Waals surface area contributed by atoms with Crippen molar-refractivity contribution in [3.63, 3.8) is 0 Å². The Labute approximate surface area is 115 Å². The van der Waals surface area contributed by atoms with E-state index in [9.17, 15) is 4.39 Å². The van der Waals surface area contributed by atoms with Gasteiger partial charge in [0.1, 0.15) is 37.2 Å². The van der Waals surface area contributed by atoms with Crippen LogP contribution in [0.1, 0.15) is 11.1 Å². The molecule has 2 rings (SSSR count). The molecule has 2 N–H and O–H groups in total. The van der Waals surface area contributed by atoms with Gasteiger partial charge in [-0.25, -0.2) is 14.4 Å². The molecule has 0 saturated heterocycles. The van der Waals surface area contributed by atoms with Crippen LogP contribution in [0.4, 0.5) is 10.2 Å². The van der Waals surface area contributed by atoms with Crippen molar-refractivity contribution in [2.45, 2.75) is 6.61 Å². The molecule has 0 spiro atoms. The molecule has 1 aromatic carbocycles. The van der Waals surface area contributed by atoms with E-state index in [0.717, 1.165) is 0 Å². The minimum absolute atomic E-state index is 0.0248. The lowest BCUT2D eigenvalue weighted by atomic mass is 10.2. The van der Waals surface area contributed by atoms with Gasteiger partial charge in [-0.05, 0) is 6.07 Å². The Bertz CT molecular complexity index is 619. The van der Waals surface area contributed by atoms with Gasteiger partial charge in [0, 0.05) is 5.56 Å². The third-order valence-corrected chi connectivity index (χ3v) is 2.49. The summed E-state index contributed by atoms with van der Waals surface area (Å²) >= 11 is 0. The second kappa shape index (κ2) is 6.46. The molecule has 0 aliphatic carbocycles. The lowest BCUT2D eigenvalue weighted by molar-refractivity contribution is 0.215. The average Bonchev–Trinajstić information content (AvgIpc) is 2.45. The monoisotopic (exact) mass is 276 g/mol. The first-order valence-corrected chi connectivity index (χ1v) is 5.75. The number of anilines is 1. The molecule has 104 valence electrons. The Kier molecular flexibility index (Phi) is 4.43. The molecule has 0 fully saturated rings. The van der Waals surface area contributed by atoms with Crippen LogP contribution in [0, 0.1) is 5.82 Å². The molecule has 0 unspecified atom stereocenters. The maximum atomic E-state index is 13.5. The fraction of sp³-hybridized carbons (Fsp3) is 0.154. The van der Waals surface area contributed by atoms with Crippen molar-refractivity contribution in [1.29, 1.82) is 0 Å². The van der Waals surface area contributed by atoms with Crippen molar-refractivity contribution in [1.82, 2.24) is 9.97 Å². The van der Waals surface area contributed by atoms with Crippen molar-refractivity contribution in [3.8, 4) is 5.88 Å². The first-order chi connectivity index (χ1) is 9.72. The number of nitrogens with zero attached hydrogens (tertiary/aromatic N) is 3. The third-order valence-electron chi connectivity index (χ3n) is 2.49. The van der Waals surface area contributed by atoms with Crippen molar-refractivity contribution in [2.24, 2.45) is 5.16 Å². The summed E-state index contributed by atoms with van der Waals surface area (Å²) in [5, 5.41) is 3.60. The summed E-state index contributed by atoms with van der Waals surface area (Å²) in [6.07, 6.45) is 2.60. The SMILES string of the molecule is CON=Cc1c(N)ncnc1OCc1ccccc1F. The third kappa shape index (κ3) is 3.19. The first-order valence-electron chi connectivity index (χ1n) is 5.75. The fourth-order valence-corrected chi connectivity index (χ4v) is 1.50. The molecule has 0 saturated carbocycles. The summed E-state index contributed by atoms with van der Waals surface area (Å²) in [4.78, 5) is 12.4. The number of halogens is 1. The summed E-state index contributed by atoms with van der Waals surface area (Å²) in [5.74, 6) is 0.0625. The highest BCUT2D eigenvalue weighted by Crippen LogP contribution is 2.19. The maximum absolute atomic E-state index is 13.5. The Hall–Kier alpha value is -2.70. The van der Waals surface area contributed by atoms with Crippen LogP contribution in [0.25, 0.3) is 0 Å². The number of nitrogen functional groups attached to an aromatic ring is 1. The minimum atomic E-state index is -0.346. The number of nitrogens with two attached hydrogens (primary N) is 1. The highest BCUT2D eigenvalue weighted by Gasteiger charge is 2.10. The molecule has 6 nitrogen and oxygen atoms in total. The highest BCUT2D eigenvalue weighted by atomic mass is 19.1. The zero-order valence-corrected chi connectivity index (χ0v) is 10.8. The van der Waals surface area contributed by atoms with Gasteiger partial charge in [0.2, 0.25) is 5.88 Å². The van der Waals surface area contributed by atoms with E-state index in [1.807, 2.05) is 0 Å². The topological polar surface area (TPSA) is 82.6 Å². The van der Waals surface area contributed by atoms with Gasteiger partial charge in [-0.1, -0.05) is 23.4 Å². The summed E-state index contributed by atoms with van der Waals surface area (Å²) < 4.78 is 19.0. The van der Waals surface area contributed by atoms with Gasteiger partial charge < -0.3 is 15.3 Å². The van der Waals surface area contributed by atoms with E-state index in [2.05, 4.69) is 20.0 Å². The zero-order valence-electron chi connectivity index (χ0n) is 10.8. The predicted molar refractivity (Wildman–Crippen MR) is 71.8 cm³/mol. The van der Waals surface area contributed by atoms with Crippen LogP contribution in [0.5, 0.6) is 5.88 Å². The summed E-state index contributed by atoms with van der Waals surface area (Å²) in [7, 11) is 1.40. The van der Waals surface area contributed by atoms with Gasteiger partial charge in [0.25, 0.3) is 0 Å². The van der Waals surface area contributed by atoms with E-state index in [0.29, 0.717) is 11.1 Å². The standard InChI is InChI=1S/C13H13FN4O2/c1-19-18-6-10-12(15)16-8-17-13(10)20-7-9-4-2-3-5-11(9)14/h2-6,8H,7H2,1H3,(H2,15,16,17). The Morgan fingerprint density at radius 2 is 2.15 bits per heavy atom. The molecular weight excluding hydrogens is 263 g/mol. The van der Waals surface area contributed by atoms with Crippen molar-refractivity contribution < 1.29 is 14.0 Å². The van der Waals surface area contributed by atoms with Crippen molar-refractivity contribution >= 4 is 12.0 Å². The Morgan fingerprint density at radius 1 is 1.35 bits per heavy atom. The molecular formula is C13H13FN4O2.